The summed E-state index contributed by atoms with van der Waals surface area (Å²) < 4.78 is 39.9. The normalized spacial score (nSPS) is 17.0. The second-order valence-corrected chi connectivity index (χ2v) is 9.96. The van der Waals surface area contributed by atoms with E-state index in [9.17, 15) is 18.0 Å². The highest BCUT2D eigenvalue weighted by Crippen LogP contribution is 2.35. The zero-order chi connectivity index (χ0) is 26.4. The summed E-state index contributed by atoms with van der Waals surface area (Å²) in [7, 11) is 0. The number of hydrogen-bond donors (Lipinski definition) is 1. The summed E-state index contributed by atoms with van der Waals surface area (Å²) in [6.07, 6.45) is -2.01. The molecule has 4 rings (SSSR count). The monoisotopic (exact) mass is 549 g/mol. The largest absolute Gasteiger partial charge is 0.417 e. The van der Waals surface area contributed by atoms with Gasteiger partial charge >= 0.3 is 6.18 Å². The summed E-state index contributed by atoms with van der Waals surface area (Å²) in [6.45, 7) is 5.61. The molecule has 0 aromatic heterocycles. The number of piperidine rings is 1. The predicted molar refractivity (Wildman–Crippen MR) is 146 cm³/mol. The molecule has 0 unspecified atom stereocenters. The topological polar surface area (TPSA) is 62.6 Å². The van der Waals surface area contributed by atoms with Gasteiger partial charge in [-0.15, -0.1) is 0 Å². The average Bonchev–Trinajstić information content (AvgIpc) is 2.89. The van der Waals surface area contributed by atoms with Crippen molar-refractivity contribution in [2.45, 2.75) is 45.3 Å². The predicted octanol–water partition coefficient (Wildman–Crippen LogP) is 5.55. The standard InChI is InChI=1S/C27H31ClF3N5O.CH4/c28-24-4-1-2-5-25(24)36-16-14-34(15-17-36)11-3-6-26(37)33-21-9-12-35(13-10-21)22-8-7-20(19-32)23(18-22)27(29,30)31;/h1-2,4-5,7-8,18,21H,3,6,9-17H2,(H,33,37);1H4. The first-order valence-electron chi connectivity index (χ1n) is 12.6. The Morgan fingerprint density at radius 1 is 1.03 bits per heavy atom. The van der Waals surface area contributed by atoms with Crippen LogP contribution in [0.25, 0.3) is 0 Å². The molecule has 1 amide bonds. The number of benzene rings is 2. The molecule has 2 heterocycles. The van der Waals surface area contributed by atoms with Crippen molar-refractivity contribution < 1.29 is 18.0 Å². The fourth-order valence-corrected chi connectivity index (χ4v) is 5.28. The smallest absolute Gasteiger partial charge is 0.371 e. The van der Waals surface area contributed by atoms with Crippen molar-refractivity contribution in [3.05, 3.63) is 58.6 Å². The third-order valence-corrected chi connectivity index (χ3v) is 7.42. The number of amides is 1. The van der Waals surface area contributed by atoms with Gasteiger partial charge in [-0.05, 0) is 56.1 Å². The summed E-state index contributed by atoms with van der Waals surface area (Å²) in [5, 5.41) is 12.8. The fraction of sp³-hybridized carbons (Fsp3) is 0.500. The van der Waals surface area contributed by atoms with Crippen LogP contribution < -0.4 is 15.1 Å². The highest BCUT2D eigenvalue weighted by molar-refractivity contribution is 6.33. The minimum absolute atomic E-state index is 0. The van der Waals surface area contributed by atoms with Crippen molar-refractivity contribution in [2.75, 3.05) is 55.6 Å². The molecule has 0 spiro atoms. The summed E-state index contributed by atoms with van der Waals surface area (Å²) >= 11 is 6.31. The quantitative estimate of drug-likeness (QED) is 0.490. The number of rotatable bonds is 7. The van der Waals surface area contributed by atoms with Crippen LogP contribution >= 0.6 is 11.6 Å². The molecule has 2 saturated heterocycles. The number of alkyl halides is 3. The zero-order valence-electron chi connectivity index (χ0n) is 20.6. The van der Waals surface area contributed by atoms with Gasteiger partial charge in [0.05, 0.1) is 27.9 Å². The van der Waals surface area contributed by atoms with E-state index >= 15 is 0 Å². The van der Waals surface area contributed by atoms with E-state index in [4.69, 9.17) is 16.9 Å². The van der Waals surface area contributed by atoms with Gasteiger partial charge in [0.2, 0.25) is 5.91 Å². The van der Waals surface area contributed by atoms with Crippen LogP contribution in [0.4, 0.5) is 24.5 Å². The van der Waals surface area contributed by atoms with Crippen molar-refractivity contribution in [3.63, 3.8) is 0 Å². The lowest BCUT2D eigenvalue weighted by molar-refractivity contribution is -0.137. The van der Waals surface area contributed by atoms with E-state index in [-0.39, 0.29) is 24.9 Å². The number of carbonyl (C=O) groups excluding carboxylic acids is 1. The Hall–Kier alpha value is -2.96. The van der Waals surface area contributed by atoms with Gasteiger partial charge < -0.3 is 15.1 Å². The van der Waals surface area contributed by atoms with Crippen LogP contribution in [0, 0.1) is 11.3 Å². The molecule has 38 heavy (non-hydrogen) atoms. The van der Waals surface area contributed by atoms with Crippen molar-refractivity contribution in [2.24, 2.45) is 0 Å². The SMILES string of the molecule is C.N#Cc1ccc(N2CCC(NC(=O)CCCN3CCN(c4ccccc4Cl)CC3)CC2)cc1C(F)(F)F. The van der Waals surface area contributed by atoms with Crippen LogP contribution in [-0.4, -0.2) is 62.7 Å². The number of nitrogens with one attached hydrogen (secondary N) is 1. The molecular formula is C28H35ClF3N5O. The number of piperazine rings is 1. The number of nitriles is 1. The minimum Gasteiger partial charge on any atom is -0.371 e. The molecular weight excluding hydrogens is 515 g/mol. The van der Waals surface area contributed by atoms with E-state index in [2.05, 4.69) is 15.1 Å². The summed E-state index contributed by atoms with van der Waals surface area (Å²) in [5.74, 6) is 0.0193. The van der Waals surface area contributed by atoms with E-state index in [0.717, 1.165) is 55.9 Å². The number of carbonyl (C=O) groups is 1. The lowest BCUT2D eigenvalue weighted by atomic mass is 10.0. The number of hydrogen-bond acceptors (Lipinski definition) is 5. The Morgan fingerprint density at radius 2 is 1.71 bits per heavy atom. The number of para-hydroxylation sites is 1. The third-order valence-electron chi connectivity index (χ3n) is 7.10. The lowest BCUT2D eigenvalue weighted by Crippen LogP contribution is -2.47. The van der Waals surface area contributed by atoms with E-state index in [1.165, 1.54) is 6.07 Å². The number of anilines is 2. The van der Waals surface area contributed by atoms with E-state index in [0.29, 0.717) is 38.0 Å². The van der Waals surface area contributed by atoms with Crippen LogP contribution in [0.1, 0.15) is 44.2 Å². The Labute approximate surface area is 228 Å². The molecule has 206 valence electrons. The van der Waals surface area contributed by atoms with Crippen molar-refractivity contribution in [1.82, 2.24) is 10.2 Å². The Balaban J connectivity index is 0.00000400. The van der Waals surface area contributed by atoms with Gasteiger partial charge in [-0.1, -0.05) is 31.2 Å². The molecule has 0 bridgehead atoms. The lowest BCUT2D eigenvalue weighted by Gasteiger charge is -2.36. The van der Waals surface area contributed by atoms with E-state index in [1.807, 2.05) is 29.2 Å². The van der Waals surface area contributed by atoms with Crippen molar-refractivity contribution >= 4 is 28.9 Å². The van der Waals surface area contributed by atoms with Crippen LogP contribution in [0.3, 0.4) is 0 Å². The van der Waals surface area contributed by atoms with Crippen molar-refractivity contribution in [1.29, 1.82) is 5.26 Å². The Kier molecular flexibility index (Phi) is 10.3. The van der Waals surface area contributed by atoms with Crippen LogP contribution in [0.2, 0.25) is 5.02 Å². The van der Waals surface area contributed by atoms with E-state index in [1.54, 1.807) is 12.1 Å². The average molecular weight is 550 g/mol. The van der Waals surface area contributed by atoms with Gasteiger partial charge in [0.1, 0.15) is 0 Å². The maximum atomic E-state index is 13.3. The summed E-state index contributed by atoms with van der Waals surface area (Å²) in [5.41, 5.74) is 0.231. The van der Waals surface area contributed by atoms with Crippen molar-refractivity contribution in [3.8, 4) is 6.07 Å². The molecule has 0 saturated carbocycles. The molecule has 2 aliphatic rings. The second kappa shape index (κ2) is 13.2. The molecule has 1 N–H and O–H groups in total. The first kappa shape index (κ1) is 29.6. The summed E-state index contributed by atoms with van der Waals surface area (Å²) in [4.78, 5) is 19.0. The molecule has 10 heteroatoms. The molecule has 0 aliphatic carbocycles. The molecule has 6 nitrogen and oxygen atoms in total. The third kappa shape index (κ3) is 7.55. The van der Waals surface area contributed by atoms with E-state index < -0.39 is 11.7 Å². The maximum Gasteiger partial charge on any atom is 0.417 e. The van der Waals surface area contributed by atoms with Gasteiger partial charge in [0.15, 0.2) is 0 Å². The Bertz CT molecular complexity index is 1120. The minimum atomic E-state index is -4.57. The highest BCUT2D eigenvalue weighted by atomic mass is 35.5. The molecule has 2 fully saturated rings. The van der Waals surface area contributed by atoms with Crippen LogP contribution in [-0.2, 0) is 11.0 Å². The first-order valence-corrected chi connectivity index (χ1v) is 13.0. The maximum absolute atomic E-state index is 13.3. The molecule has 2 aromatic rings. The zero-order valence-corrected chi connectivity index (χ0v) is 21.4. The fourth-order valence-electron chi connectivity index (χ4n) is 5.03. The van der Waals surface area contributed by atoms with Gasteiger partial charge in [-0.25, -0.2) is 0 Å². The summed E-state index contributed by atoms with van der Waals surface area (Å²) in [6, 6.07) is 13.3. The Morgan fingerprint density at radius 3 is 2.34 bits per heavy atom. The number of halogens is 4. The highest BCUT2D eigenvalue weighted by Gasteiger charge is 2.34. The van der Waals surface area contributed by atoms with Gasteiger partial charge in [-0.2, -0.15) is 18.4 Å². The van der Waals surface area contributed by atoms with Crippen LogP contribution in [0.15, 0.2) is 42.5 Å². The van der Waals surface area contributed by atoms with Gasteiger partial charge in [0.25, 0.3) is 0 Å². The number of nitrogens with zero attached hydrogens (tertiary/aromatic N) is 4. The van der Waals surface area contributed by atoms with Gasteiger partial charge in [-0.3, -0.25) is 9.69 Å². The second-order valence-electron chi connectivity index (χ2n) is 9.55. The van der Waals surface area contributed by atoms with Gasteiger partial charge in [0, 0.05) is 57.4 Å². The molecule has 2 aromatic carbocycles. The molecule has 2 aliphatic heterocycles. The molecule has 0 radical (unpaired) electrons. The molecule has 0 atom stereocenters. The van der Waals surface area contributed by atoms with Crippen LogP contribution in [0.5, 0.6) is 0 Å². The first-order chi connectivity index (χ1) is 17.7.